The van der Waals surface area contributed by atoms with Gasteiger partial charge in [0, 0.05) is 29.9 Å². The van der Waals surface area contributed by atoms with E-state index < -0.39 is 0 Å². The number of benzene rings is 2. The van der Waals surface area contributed by atoms with E-state index in [2.05, 4.69) is 27.3 Å². The second-order valence-corrected chi connectivity index (χ2v) is 9.46. The second kappa shape index (κ2) is 8.24. The van der Waals surface area contributed by atoms with Crippen LogP contribution in [-0.2, 0) is 9.53 Å². The van der Waals surface area contributed by atoms with Gasteiger partial charge in [0.1, 0.15) is 5.76 Å². The third-order valence-corrected chi connectivity index (χ3v) is 7.15. The summed E-state index contributed by atoms with van der Waals surface area (Å²) in [6.07, 6.45) is 0. The first-order chi connectivity index (χ1) is 15.4. The van der Waals surface area contributed by atoms with Crippen LogP contribution in [0.3, 0.4) is 0 Å². The van der Waals surface area contributed by atoms with Crippen LogP contribution in [-0.4, -0.2) is 42.3 Å². The number of fused-ring (bicyclic) bond motifs is 1. The van der Waals surface area contributed by atoms with Crippen molar-refractivity contribution in [1.82, 2.24) is 4.98 Å². The Kier molecular flexibility index (Phi) is 5.41. The molecule has 6 nitrogen and oxygen atoms in total. The van der Waals surface area contributed by atoms with Crippen LogP contribution < -0.4 is 10.2 Å². The van der Waals surface area contributed by atoms with Crippen LogP contribution in [0.15, 0.2) is 36.4 Å². The van der Waals surface area contributed by atoms with Crippen LogP contribution in [0.4, 0.5) is 11.4 Å². The van der Waals surface area contributed by atoms with Crippen molar-refractivity contribution in [1.29, 1.82) is 0 Å². The summed E-state index contributed by atoms with van der Waals surface area (Å²) < 4.78 is 5.43. The lowest BCUT2D eigenvalue weighted by Crippen LogP contribution is -2.36. The topological polar surface area (TPSA) is 74.7 Å². The predicted octanol–water partition coefficient (Wildman–Crippen LogP) is 5.30. The minimum absolute atomic E-state index is 0.0553. The summed E-state index contributed by atoms with van der Waals surface area (Å²) in [6.45, 7) is 6.91. The molecule has 3 heterocycles. The number of morpholine rings is 1. The van der Waals surface area contributed by atoms with E-state index in [1.807, 2.05) is 32.0 Å². The van der Waals surface area contributed by atoms with Crippen LogP contribution >= 0.6 is 22.9 Å². The Morgan fingerprint density at radius 2 is 1.88 bits per heavy atom. The Labute approximate surface area is 195 Å². The van der Waals surface area contributed by atoms with Crippen molar-refractivity contribution in [2.45, 2.75) is 13.8 Å². The maximum atomic E-state index is 12.7. The number of halogens is 1. The molecule has 1 amide bonds. The van der Waals surface area contributed by atoms with Gasteiger partial charge in [-0.05, 0) is 43.7 Å². The Bertz CT molecular complexity index is 1240. The highest BCUT2D eigenvalue weighted by atomic mass is 35.5. The van der Waals surface area contributed by atoms with Gasteiger partial charge in [-0.3, -0.25) is 4.79 Å². The SMILES string of the molecule is Cc1nc(C)c(/C(O)=C2/C(=O)Nc3cc(Cl)c(-c4ccc(N5CCOCC5)cc4)cc32)s1. The molecule has 0 radical (unpaired) electrons. The van der Waals surface area contributed by atoms with Gasteiger partial charge in [0.25, 0.3) is 5.91 Å². The third kappa shape index (κ3) is 3.66. The maximum Gasteiger partial charge on any atom is 0.260 e. The van der Waals surface area contributed by atoms with E-state index in [0.29, 0.717) is 26.8 Å². The molecule has 3 aromatic rings. The molecule has 8 heteroatoms. The van der Waals surface area contributed by atoms with Crippen molar-refractivity contribution in [2.75, 3.05) is 36.5 Å². The number of hydrogen-bond acceptors (Lipinski definition) is 6. The van der Waals surface area contributed by atoms with Gasteiger partial charge in [0.05, 0.1) is 45.1 Å². The summed E-state index contributed by atoms with van der Waals surface area (Å²) in [4.78, 5) is 20.0. The minimum atomic E-state index is -0.348. The highest BCUT2D eigenvalue weighted by Gasteiger charge is 2.31. The van der Waals surface area contributed by atoms with E-state index >= 15 is 0 Å². The maximum absolute atomic E-state index is 12.7. The second-order valence-electron chi connectivity index (χ2n) is 7.85. The van der Waals surface area contributed by atoms with Crippen molar-refractivity contribution in [2.24, 2.45) is 0 Å². The number of carbonyl (C=O) groups is 1. The first-order valence-electron chi connectivity index (χ1n) is 10.4. The van der Waals surface area contributed by atoms with E-state index in [1.54, 1.807) is 6.07 Å². The number of nitrogens with one attached hydrogen (secondary N) is 1. The minimum Gasteiger partial charge on any atom is -0.506 e. The molecule has 164 valence electrons. The van der Waals surface area contributed by atoms with Crippen molar-refractivity contribution in [3.8, 4) is 11.1 Å². The van der Waals surface area contributed by atoms with Crippen molar-refractivity contribution in [3.63, 3.8) is 0 Å². The molecule has 5 rings (SSSR count). The molecule has 2 N–H and O–H groups in total. The fourth-order valence-electron chi connectivity index (χ4n) is 4.18. The largest absolute Gasteiger partial charge is 0.506 e. The van der Waals surface area contributed by atoms with Gasteiger partial charge in [-0.15, -0.1) is 11.3 Å². The molecule has 2 aromatic carbocycles. The van der Waals surface area contributed by atoms with E-state index in [-0.39, 0.29) is 17.2 Å². The number of amides is 1. The standard InChI is InChI=1S/C24H22ClN3O3S/c1-13-23(32-14(2)26-13)22(29)21-18-11-17(19(25)12-20(18)27-24(21)30)15-3-5-16(6-4-15)28-7-9-31-10-8-28/h3-6,11-12,29H,7-10H2,1-2H3,(H,27,30)/b22-21-. The molecule has 0 unspecified atom stereocenters. The molecule has 1 aromatic heterocycles. The normalized spacial score (nSPS) is 17.3. The number of aliphatic hydroxyl groups is 1. The number of nitrogens with zero attached hydrogens (tertiary/aromatic N) is 2. The van der Waals surface area contributed by atoms with E-state index in [0.717, 1.165) is 48.1 Å². The highest BCUT2D eigenvalue weighted by molar-refractivity contribution is 7.12. The molecule has 2 aliphatic rings. The number of aromatic nitrogens is 1. The van der Waals surface area contributed by atoms with Crippen molar-refractivity contribution in [3.05, 3.63) is 62.6 Å². The van der Waals surface area contributed by atoms with E-state index in [9.17, 15) is 9.90 Å². The first kappa shape index (κ1) is 21.0. The molecule has 1 fully saturated rings. The third-order valence-electron chi connectivity index (χ3n) is 5.76. The fraction of sp³-hybridized carbons (Fsp3) is 0.250. The molecular weight excluding hydrogens is 446 g/mol. The first-order valence-corrected chi connectivity index (χ1v) is 11.6. The van der Waals surface area contributed by atoms with Crippen molar-refractivity contribution < 1.29 is 14.6 Å². The molecule has 32 heavy (non-hydrogen) atoms. The molecule has 0 spiro atoms. The molecule has 0 saturated carbocycles. The summed E-state index contributed by atoms with van der Waals surface area (Å²) in [6, 6.07) is 11.8. The molecular formula is C24H22ClN3O3S. The Balaban J connectivity index is 1.55. The average Bonchev–Trinajstić information content (AvgIpc) is 3.30. The van der Waals surface area contributed by atoms with Gasteiger partial charge < -0.3 is 20.1 Å². The van der Waals surface area contributed by atoms with Crippen LogP contribution in [0.25, 0.3) is 22.5 Å². The smallest absolute Gasteiger partial charge is 0.260 e. The van der Waals surface area contributed by atoms with Crippen molar-refractivity contribution >= 4 is 51.6 Å². The molecule has 1 saturated heterocycles. The van der Waals surface area contributed by atoms with Gasteiger partial charge >= 0.3 is 0 Å². The Morgan fingerprint density at radius 1 is 1.16 bits per heavy atom. The Hall–Kier alpha value is -2.87. The number of rotatable bonds is 3. The molecule has 2 aliphatic heterocycles. The number of hydrogen-bond donors (Lipinski definition) is 2. The average molecular weight is 468 g/mol. The van der Waals surface area contributed by atoms with Crippen LogP contribution in [0.2, 0.25) is 5.02 Å². The van der Waals surface area contributed by atoms with E-state index in [4.69, 9.17) is 16.3 Å². The van der Waals surface area contributed by atoms with Gasteiger partial charge in [0.15, 0.2) is 0 Å². The number of aryl methyl sites for hydroxylation is 2. The summed E-state index contributed by atoms with van der Waals surface area (Å²) in [5, 5.41) is 15.2. The molecule has 0 bridgehead atoms. The van der Waals surface area contributed by atoms with Gasteiger partial charge in [-0.1, -0.05) is 23.7 Å². The van der Waals surface area contributed by atoms with E-state index in [1.165, 1.54) is 11.3 Å². The lowest BCUT2D eigenvalue weighted by molar-refractivity contribution is -0.110. The lowest BCUT2D eigenvalue weighted by atomic mass is 9.98. The summed E-state index contributed by atoms with van der Waals surface area (Å²) in [5.41, 5.74) is 5.06. The fourth-order valence-corrected chi connectivity index (χ4v) is 5.33. The number of anilines is 2. The monoisotopic (exact) mass is 467 g/mol. The zero-order valence-corrected chi connectivity index (χ0v) is 19.3. The van der Waals surface area contributed by atoms with Crippen LogP contribution in [0.1, 0.15) is 21.1 Å². The zero-order chi connectivity index (χ0) is 22.4. The summed E-state index contributed by atoms with van der Waals surface area (Å²) in [7, 11) is 0. The zero-order valence-electron chi connectivity index (χ0n) is 17.7. The molecule has 0 aliphatic carbocycles. The number of aliphatic hydroxyl groups excluding tert-OH is 1. The summed E-state index contributed by atoms with van der Waals surface area (Å²) >= 11 is 7.95. The van der Waals surface area contributed by atoms with Gasteiger partial charge in [0.2, 0.25) is 0 Å². The number of ether oxygens (including phenoxy) is 1. The highest BCUT2D eigenvalue weighted by Crippen LogP contribution is 2.43. The van der Waals surface area contributed by atoms with Crippen LogP contribution in [0, 0.1) is 13.8 Å². The van der Waals surface area contributed by atoms with Crippen LogP contribution in [0.5, 0.6) is 0 Å². The lowest BCUT2D eigenvalue weighted by Gasteiger charge is -2.29. The Morgan fingerprint density at radius 3 is 2.53 bits per heavy atom. The predicted molar refractivity (Wildman–Crippen MR) is 130 cm³/mol. The van der Waals surface area contributed by atoms with Gasteiger partial charge in [-0.2, -0.15) is 0 Å². The summed E-state index contributed by atoms with van der Waals surface area (Å²) in [5.74, 6) is -0.404. The number of carbonyl (C=O) groups excluding carboxylic acids is 1. The number of thiazole rings is 1. The quantitative estimate of drug-likeness (QED) is 0.404. The molecule has 0 atom stereocenters. The van der Waals surface area contributed by atoms with Gasteiger partial charge in [-0.25, -0.2) is 4.98 Å².